The highest BCUT2D eigenvalue weighted by Gasteiger charge is 2.33. The highest BCUT2D eigenvalue weighted by atomic mass is 32.2. The molecule has 27 heavy (non-hydrogen) atoms. The number of hydrogen-bond donors (Lipinski definition) is 0. The number of carbonyl (C=O) groups is 1. The van der Waals surface area contributed by atoms with Crippen molar-refractivity contribution in [2.45, 2.75) is 31.0 Å². The number of rotatable bonds is 5. The van der Waals surface area contributed by atoms with Crippen LogP contribution in [-0.4, -0.2) is 74.2 Å². The molecule has 0 spiro atoms. The number of nitrogens with zero attached hydrogens (tertiary/aromatic N) is 3. The van der Waals surface area contributed by atoms with Crippen molar-refractivity contribution in [1.82, 2.24) is 14.1 Å². The van der Waals surface area contributed by atoms with Gasteiger partial charge in [0.15, 0.2) is 0 Å². The molecule has 0 atom stereocenters. The van der Waals surface area contributed by atoms with Crippen molar-refractivity contribution in [3.8, 4) is 0 Å². The Kier molecular flexibility index (Phi) is 6.54. The van der Waals surface area contributed by atoms with E-state index in [1.54, 1.807) is 4.90 Å². The number of hydrogen-bond acceptors (Lipinski definition) is 4. The Balaban J connectivity index is 2.01. The van der Waals surface area contributed by atoms with Gasteiger partial charge < -0.3 is 4.90 Å². The molecule has 1 aliphatic rings. The van der Waals surface area contributed by atoms with E-state index in [0.717, 1.165) is 24.3 Å². The lowest BCUT2D eigenvalue weighted by atomic mass is 10.2. The highest BCUT2D eigenvalue weighted by molar-refractivity contribution is 7.89. The van der Waals surface area contributed by atoms with Gasteiger partial charge in [0.05, 0.1) is 17.0 Å². The molecule has 152 valence electrons. The molecule has 0 aliphatic carbocycles. The summed E-state index contributed by atoms with van der Waals surface area (Å²) in [6.07, 6.45) is -4.52. The topological polar surface area (TPSA) is 60.9 Å². The number of piperazine rings is 1. The SMILES string of the molecule is CC(C)N(C)CC(=O)N1CCN(S(=O)(=O)c2ccc(C(F)(F)F)cc2)CC1. The molecule has 0 radical (unpaired) electrons. The van der Waals surface area contributed by atoms with Crippen molar-refractivity contribution in [2.75, 3.05) is 39.8 Å². The van der Waals surface area contributed by atoms with Crippen LogP contribution in [0.15, 0.2) is 29.2 Å². The molecule has 10 heteroatoms. The lowest BCUT2D eigenvalue weighted by Gasteiger charge is -2.35. The molecule has 6 nitrogen and oxygen atoms in total. The molecule has 1 aromatic rings. The van der Waals surface area contributed by atoms with Gasteiger partial charge in [-0.1, -0.05) is 0 Å². The van der Waals surface area contributed by atoms with Crippen molar-refractivity contribution in [3.05, 3.63) is 29.8 Å². The van der Waals surface area contributed by atoms with Gasteiger partial charge in [0.1, 0.15) is 0 Å². The van der Waals surface area contributed by atoms with E-state index in [2.05, 4.69) is 0 Å². The van der Waals surface area contributed by atoms with Crippen LogP contribution in [-0.2, 0) is 21.0 Å². The Bertz CT molecular complexity index is 756. The quantitative estimate of drug-likeness (QED) is 0.748. The standard InChI is InChI=1S/C17H24F3N3O3S/c1-13(2)21(3)12-16(24)22-8-10-23(11-9-22)27(25,26)15-6-4-14(5-7-15)17(18,19)20/h4-7,13H,8-12H2,1-3H3. The molecule has 0 N–H and O–H groups in total. The molecule has 0 bridgehead atoms. The van der Waals surface area contributed by atoms with Gasteiger partial charge in [-0.25, -0.2) is 8.42 Å². The summed E-state index contributed by atoms with van der Waals surface area (Å²) in [4.78, 5) is 15.6. The van der Waals surface area contributed by atoms with Gasteiger partial charge in [-0.3, -0.25) is 9.69 Å². The number of amides is 1. The predicted molar refractivity (Wildman–Crippen MR) is 94.5 cm³/mol. The molecule has 0 saturated carbocycles. The van der Waals surface area contributed by atoms with Crippen molar-refractivity contribution in [3.63, 3.8) is 0 Å². The molecular weight excluding hydrogens is 383 g/mol. The molecule has 1 aromatic carbocycles. The molecule has 0 unspecified atom stereocenters. The molecule has 1 amide bonds. The number of halogens is 3. The summed E-state index contributed by atoms with van der Waals surface area (Å²) in [5.74, 6) is -0.0715. The monoisotopic (exact) mass is 407 g/mol. The van der Waals surface area contributed by atoms with Gasteiger partial charge in [0.2, 0.25) is 15.9 Å². The Morgan fingerprint density at radius 2 is 1.63 bits per heavy atom. The molecular formula is C17H24F3N3O3S. The molecule has 1 fully saturated rings. The Morgan fingerprint density at radius 1 is 1.11 bits per heavy atom. The van der Waals surface area contributed by atoms with E-state index in [1.807, 2.05) is 25.8 Å². The predicted octanol–water partition coefficient (Wildman–Crippen LogP) is 1.88. The van der Waals surface area contributed by atoms with Crippen LogP contribution in [0.5, 0.6) is 0 Å². The average Bonchev–Trinajstić information content (AvgIpc) is 2.61. The maximum absolute atomic E-state index is 12.6. The molecule has 1 heterocycles. The minimum absolute atomic E-state index is 0.0715. The zero-order valence-electron chi connectivity index (χ0n) is 15.5. The first kappa shape index (κ1) is 21.6. The normalized spacial score (nSPS) is 17.0. The van der Waals surface area contributed by atoms with E-state index >= 15 is 0 Å². The zero-order valence-corrected chi connectivity index (χ0v) is 16.3. The van der Waals surface area contributed by atoms with Gasteiger partial charge in [-0.05, 0) is 45.2 Å². The minimum atomic E-state index is -4.52. The first-order chi connectivity index (χ1) is 12.4. The van der Waals surface area contributed by atoms with Crippen LogP contribution in [0, 0.1) is 0 Å². The molecule has 1 aliphatic heterocycles. The van der Waals surface area contributed by atoms with E-state index in [0.29, 0.717) is 0 Å². The van der Waals surface area contributed by atoms with Gasteiger partial charge in [0.25, 0.3) is 0 Å². The summed E-state index contributed by atoms with van der Waals surface area (Å²) >= 11 is 0. The largest absolute Gasteiger partial charge is 0.416 e. The highest BCUT2D eigenvalue weighted by Crippen LogP contribution is 2.30. The van der Waals surface area contributed by atoms with Crippen LogP contribution in [0.2, 0.25) is 0 Å². The maximum Gasteiger partial charge on any atom is 0.416 e. The average molecular weight is 407 g/mol. The Morgan fingerprint density at radius 3 is 2.07 bits per heavy atom. The van der Waals surface area contributed by atoms with Crippen LogP contribution in [0.1, 0.15) is 19.4 Å². The number of likely N-dealkylation sites (N-methyl/N-ethyl adjacent to an activating group) is 1. The maximum atomic E-state index is 12.6. The summed E-state index contributed by atoms with van der Waals surface area (Å²) in [5.41, 5.74) is -0.897. The summed E-state index contributed by atoms with van der Waals surface area (Å²) in [7, 11) is -2.05. The second-order valence-electron chi connectivity index (χ2n) is 6.82. The second-order valence-corrected chi connectivity index (χ2v) is 8.75. The molecule has 1 saturated heterocycles. The van der Waals surface area contributed by atoms with E-state index in [4.69, 9.17) is 0 Å². The van der Waals surface area contributed by atoms with Gasteiger partial charge >= 0.3 is 6.18 Å². The van der Waals surface area contributed by atoms with Gasteiger partial charge in [-0.2, -0.15) is 17.5 Å². The summed E-state index contributed by atoms with van der Waals surface area (Å²) in [6.45, 7) is 4.93. The summed E-state index contributed by atoms with van der Waals surface area (Å²) in [5, 5.41) is 0. The number of benzene rings is 1. The van der Waals surface area contributed by atoms with Crippen LogP contribution >= 0.6 is 0 Å². The van der Waals surface area contributed by atoms with Crippen molar-refractivity contribution >= 4 is 15.9 Å². The Hall–Kier alpha value is -1.65. The van der Waals surface area contributed by atoms with Crippen LogP contribution < -0.4 is 0 Å². The Labute approximate surface area is 157 Å². The second kappa shape index (κ2) is 8.15. The third-order valence-corrected chi connectivity index (χ3v) is 6.59. The van der Waals surface area contributed by atoms with Gasteiger partial charge in [0, 0.05) is 32.2 Å². The lowest BCUT2D eigenvalue weighted by Crippen LogP contribution is -2.52. The first-order valence-electron chi connectivity index (χ1n) is 8.58. The third kappa shape index (κ3) is 5.20. The van der Waals surface area contributed by atoms with Crippen LogP contribution in [0.3, 0.4) is 0 Å². The fraction of sp³-hybridized carbons (Fsp3) is 0.588. The number of sulfonamides is 1. The van der Waals surface area contributed by atoms with Crippen molar-refractivity contribution < 1.29 is 26.4 Å². The van der Waals surface area contributed by atoms with E-state index in [-0.39, 0.29) is 49.6 Å². The minimum Gasteiger partial charge on any atom is -0.339 e. The van der Waals surface area contributed by atoms with E-state index in [1.165, 1.54) is 4.31 Å². The van der Waals surface area contributed by atoms with Crippen molar-refractivity contribution in [2.24, 2.45) is 0 Å². The number of carbonyl (C=O) groups excluding carboxylic acids is 1. The third-order valence-electron chi connectivity index (χ3n) is 4.68. The lowest BCUT2D eigenvalue weighted by molar-refractivity contribution is -0.137. The van der Waals surface area contributed by atoms with Crippen LogP contribution in [0.4, 0.5) is 13.2 Å². The van der Waals surface area contributed by atoms with Gasteiger partial charge in [-0.15, -0.1) is 0 Å². The van der Waals surface area contributed by atoms with E-state index < -0.39 is 21.8 Å². The van der Waals surface area contributed by atoms with E-state index in [9.17, 15) is 26.4 Å². The summed E-state index contributed by atoms with van der Waals surface area (Å²) < 4.78 is 64.3. The zero-order chi connectivity index (χ0) is 20.4. The molecule has 0 aromatic heterocycles. The fourth-order valence-corrected chi connectivity index (χ4v) is 4.06. The first-order valence-corrected chi connectivity index (χ1v) is 10.0. The van der Waals surface area contributed by atoms with Crippen molar-refractivity contribution in [1.29, 1.82) is 0 Å². The number of alkyl halides is 3. The molecule has 2 rings (SSSR count). The summed E-state index contributed by atoms with van der Waals surface area (Å²) in [6, 6.07) is 3.67. The van der Waals surface area contributed by atoms with Crippen LogP contribution in [0.25, 0.3) is 0 Å². The fourth-order valence-electron chi connectivity index (χ4n) is 2.64. The smallest absolute Gasteiger partial charge is 0.339 e.